The van der Waals surface area contributed by atoms with Crippen molar-refractivity contribution in [2.45, 2.75) is 6.18 Å². The molecule has 0 aliphatic carbocycles. The Morgan fingerprint density at radius 3 is 2.40 bits per heavy atom. The van der Waals surface area contributed by atoms with E-state index in [-0.39, 0.29) is 5.84 Å². The van der Waals surface area contributed by atoms with Crippen molar-refractivity contribution in [1.82, 2.24) is 0 Å². The number of hydrogen-bond acceptors (Lipinski definition) is 1. The molecule has 0 heterocycles. The molecule has 6 heteroatoms. The molecule has 0 saturated heterocycles. The van der Waals surface area contributed by atoms with E-state index < -0.39 is 23.1 Å². The molecule has 15 heavy (non-hydrogen) atoms. The maximum Gasteiger partial charge on any atom is 0.417 e. The van der Waals surface area contributed by atoms with Crippen LogP contribution in [0.25, 0.3) is 0 Å². The van der Waals surface area contributed by atoms with Crippen molar-refractivity contribution >= 4 is 5.84 Å². The number of rotatable bonds is 1. The fraction of sp³-hybridized carbons (Fsp3) is 0.222. The number of nitrogens with zero attached hydrogens (tertiary/aromatic N) is 1. The molecule has 1 aromatic rings. The van der Waals surface area contributed by atoms with E-state index in [0.29, 0.717) is 12.1 Å². The van der Waals surface area contributed by atoms with Crippen LogP contribution in [-0.2, 0) is 6.18 Å². The van der Waals surface area contributed by atoms with Crippen molar-refractivity contribution in [3.8, 4) is 0 Å². The summed E-state index contributed by atoms with van der Waals surface area (Å²) in [5.74, 6) is -1.13. The van der Waals surface area contributed by atoms with Gasteiger partial charge in [0.25, 0.3) is 0 Å². The molecule has 0 aliphatic rings. The number of nitrogens with two attached hydrogens (primary N) is 1. The van der Waals surface area contributed by atoms with Gasteiger partial charge in [0.15, 0.2) is 0 Å². The molecular weight excluding hydrogens is 212 g/mol. The minimum Gasteiger partial charge on any atom is -0.384 e. The third kappa shape index (κ3) is 2.45. The average Bonchev–Trinajstić information content (AvgIpc) is 2.14. The summed E-state index contributed by atoms with van der Waals surface area (Å²) in [6.07, 6.45) is -4.57. The zero-order chi connectivity index (χ0) is 11.6. The Balaban J connectivity index is 3.40. The second-order valence-corrected chi connectivity index (χ2v) is 2.80. The highest BCUT2D eigenvalue weighted by atomic mass is 19.4. The van der Waals surface area contributed by atoms with Crippen LogP contribution < -0.4 is 5.73 Å². The molecule has 82 valence electrons. The number of benzene rings is 1. The molecule has 0 spiro atoms. The van der Waals surface area contributed by atoms with Gasteiger partial charge < -0.3 is 5.73 Å². The molecule has 2 nitrogen and oxygen atoms in total. The topological polar surface area (TPSA) is 38.4 Å². The second kappa shape index (κ2) is 3.88. The minimum atomic E-state index is -4.57. The van der Waals surface area contributed by atoms with Gasteiger partial charge in [0.2, 0.25) is 0 Å². The van der Waals surface area contributed by atoms with Gasteiger partial charge in [-0.05, 0) is 18.2 Å². The van der Waals surface area contributed by atoms with E-state index in [9.17, 15) is 17.6 Å². The van der Waals surface area contributed by atoms with Gasteiger partial charge in [-0.25, -0.2) is 4.39 Å². The van der Waals surface area contributed by atoms with Crippen LogP contribution in [0.3, 0.4) is 0 Å². The van der Waals surface area contributed by atoms with Gasteiger partial charge in [-0.3, -0.25) is 4.99 Å². The van der Waals surface area contributed by atoms with Crippen molar-refractivity contribution in [2.24, 2.45) is 10.7 Å². The molecule has 0 saturated carbocycles. The molecule has 1 aromatic carbocycles. The van der Waals surface area contributed by atoms with Crippen molar-refractivity contribution in [3.63, 3.8) is 0 Å². The summed E-state index contributed by atoms with van der Waals surface area (Å²) in [4.78, 5) is 3.40. The Hall–Kier alpha value is -1.59. The first-order valence-electron chi connectivity index (χ1n) is 3.95. The van der Waals surface area contributed by atoms with Gasteiger partial charge in [0, 0.05) is 12.6 Å². The Morgan fingerprint density at radius 1 is 1.33 bits per heavy atom. The third-order valence-corrected chi connectivity index (χ3v) is 1.80. The summed E-state index contributed by atoms with van der Waals surface area (Å²) < 4.78 is 50.1. The lowest BCUT2D eigenvalue weighted by molar-refractivity contribution is -0.137. The quantitative estimate of drug-likeness (QED) is 0.439. The number of alkyl halides is 3. The van der Waals surface area contributed by atoms with Crippen LogP contribution in [0.4, 0.5) is 17.6 Å². The van der Waals surface area contributed by atoms with E-state index >= 15 is 0 Å². The molecular formula is C9H8F4N2. The Labute approximate surface area is 83.4 Å². The van der Waals surface area contributed by atoms with Gasteiger partial charge in [-0.15, -0.1) is 0 Å². The molecule has 0 aromatic heterocycles. The van der Waals surface area contributed by atoms with Crippen LogP contribution >= 0.6 is 0 Å². The van der Waals surface area contributed by atoms with Crippen molar-refractivity contribution in [2.75, 3.05) is 7.05 Å². The molecule has 2 N–H and O–H groups in total. The highest BCUT2D eigenvalue weighted by Gasteiger charge is 2.34. The van der Waals surface area contributed by atoms with Gasteiger partial charge in [-0.2, -0.15) is 13.2 Å². The fourth-order valence-corrected chi connectivity index (χ4v) is 1.10. The van der Waals surface area contributed by atoms with E-state index in [1.54, 1.807) is 0 Å². The zero-order valence-corrected chi connectivity index (χ0v) is 7.77. The molecule has 0 aliphatic heterocycles. The predicted octanol–water partition coefficient (Wildman–Crippen LogP) is 2.18. The van der Waals surface area contributed by atoms with Gasteiger partial charge in [0.05, 0.1) is 5.56 Å². The Morgan fingerprint density at radius 2 is 1.93 bits per heavy atom. The predicted molar refractivity (Wildman–Crippen MR) is 48.1 cm³/mol. The van der Waals surface area contributed by atoms with Gasteiger partial charge in [-0.1, -0.05) is 0 Å². The lowest BCUT2D eigenvalue weighted by atomic mass is 10.1. The molecule has 0 bridgehead atoms. The van der Waals surface area contributed by atoms with Crippen molar-refractivity contribution in [1.29, 1.82) is 0 Å². The first-order valence-corrected chi connectivity index (χ1v) is 3.95. The summed E-state index contributed by atoms with van der Waals surface area (Å²) in [5, 5.41) is 0. The van der Waals surface area contributed by atoms with E-state index in [0.717, 1.165) is 6.07 Å². The number of halogens is 4. The van der Waals surface area contributed by atoms with Gasteiger partial charge >= 0.3 is 6.18 Å². The minimum absolute atomic E-state index is 0.346. The summed E-state index contributed by atoms with van der Waals surface area (Å²) in [6, 6.07) is 2.09. The highest BCUT2D eigenvalue weighted by molar-refractivity contribution is 5.98. The maximum atomic E-state index is 12.8. The maximum absolute atomic E-state index is 12.8. The first kappa shape index (κ1) is 11.5. The molecule has 0 fully saturated rings. The monoisotopic (exact) mass is 220 g/mol. The van der Waals surface area contributed by atoms with Crippen molar-refractivity contribution in [3.05, 3.63) is 35.1 Å². The van der Waals surface area contributed by atoms with E-state index in [1.807, 2.05) is 0 Å². The van der Waals surface area contributed by atoms with Crippen LogP contribution in [-0.4, -0.2) is 12.9 Å². The normalized spacial score (nSPS) is 13.0. The van der Waals surface area contributed by atoms with Crippen LogP contribution in [0.5, 0.6) is 0 Å². The smallest absolute Gasteiger partial charge is 0.384 e. The van der Waals surface area contributed by atoms with Crippen LogP contribution in [0, 0.1) is 5.82 Å². The number of amidine groups is 1. The molecule has 0 amide bonds. The fourth-order valence-electron chi connectivity index (χ4n) is 1.10. The molecule has 0 atom stereocenters. The molecule has 0 unspecified atom stereocenters. The van der Waals surface area contributed by atoms with Gasteiger partial charge in [0.1, 0.15) is 11.7 Å². The average molecular weight is 220 g/mol. The molecule has 0 radical (unpaired) electrons. The second-order valence-electron chi connectivity index (χ2n) is 2.80. The van der Waals surface area contributed by atoms with Crippen LogP contribution in [0.2, 0.25) is 0 Å². The lowest BCUT2D eigenvalue weighted by Gasteiger charge is -2.11. The summed E-state index contributed by atoms with van der Waals surface area (Å²) in [5.41, 5.74) is 3.81. The summed E-state index contributed by atoms with van der Waals surface area (Å²) in [6.45, 7) is 0. The molecule has 1 rings (SSSR count). The zero-order valence-electron chi connectivity index (χ0n) is 7.77. The third-order valence-electron chi connectivity index (χ3n) is 1.80. The number of aliphatic imine (C=N–C) groups is 1. The SMILES string of the molecule is CN=C(N)c1cc(F)ccc1C(F)(F)F. The van der Waals surface area contributed by atoms with E-state index in [2.05, 4.69) is 4.99 Å². The summed E-state index contributed by atoms with van der Waals surface area (Å²) in [7, 11) is 1.24. The number of hydrogen-bond donors (Lipinski definition) is 1. The largest absolute Gasteiger partial charge is 0.417 e. The van der Waals surface area contributed by atoms with Crippen LogP contribution in [0.1, 0.15) is 11.1 Å². The van der Waals surface area contributed by atoms with E-state index in [1.165, 1.54) is 7.05 Å². The Kier molecular flexibility index (Phi) is 2.97. The first-order chi connectivity index (χ1) is 6.86. The van der Waals surface area contributed by atoms with E-state index in [4.69, 9.17) is 5.73 Å². The standard InChI is InChI=1S/C9H8F4N2/c1-15-8(14)6-4-5(10)2-3-7(6)9(11,12)13/h2-4H,1H3,(H2,14,15). The Bertz CT molecular complexity index is 396. The highest BCUT2D eigenvalue weighted by Crippen LogP contribution is 2.32. The summed E-state index contributed by atoms with van der Waals surface area (Å²) >= 11 is 0. The lowest BCUT2D eigenvalue weighted by Crippen LogP contribution is -2.20. The van der Waals surface area contributed by atoms with Crippen molar-refractivity contribution < 1.29 is 17.6 Å². The van der Waals surface area contributed by atoms with Crippen LogP contribution in [0.15, 0.2) is 23.2 Å².